The normalized spacial score (nSPS) is 16.6. The van der Waals surface area contributed by atoms with Crippen LogP contribution in [0.2, 0.25) is 0 Å². The molecule has 2 aromatic heterocycles. The molecule has 0 unspecified atom stereocenters. The van der Waals surface area contributed by atoms with Crippen LogP contribution in [-0.2, 0) is 13.1 Å². The fourth-order valence-corrected chi connectivity index (χ4v) is 3.74. The van der Waals surface area contributed by atoms with Gasteiger partial charge in [0.25, 0.3) is 0 Å². The average molecular weight is 357 g/mol. The van der Waals surface area contributed by atoms with E-state index in [1.807, 2.05) is 17.1 Å². The van der Waals surface area contributed by atoms with Gasteiger partial charge in [0, 0.05) is 61.4 Å². The van der Waals surface area contributed by atoms with Crippen molar-refractivity contribution in [3.63, 3.8) is 0 Å². The van der Waals surface area contributed by atoms with Gasteiger partial charge in [-0.25, -0.2) is 9.97 Å². The zero-order chi connectivity index (χ0) is 18.5. The summed E-state index contributed by atoms with van der Waals surface area (Å²) < 4.78 is 1.95. The lowest BCUT2D eigenvalue weighted by Gasteiger charge is -2.31. The monoisotopic (exact) mass is 356 g/mol. The van der Waals surface area contributed by atoms with Crippen molar-refractivity contribution in [1.29, 1.82) is 0 Å². The van der Waals surface area contributed by atoms with Crippen LogP contribution in [0.25, 0.3) is 0 Å². The second kappa shape index (κ2) is 8.62. The van der Waals surface area contributed by atoms with Crippen LogP contribution in [0.3, 0.4) is 0 Å². The summed E-state index contributed by atoms with van der Waals surface area (Å²) in [7, 11) is 2.14. The van der Waals surface area contributed by atoms with Gasteiger partial charge in [-0.15, -0.1) is 0 Å². The van der Waals surface area contributed by atoms with E-state index < -0.39 is 0 Å². The summed E-state index contributed by atoms with van der Waals surface area (Å²) in [6, 6.07) is 0.786. The lowest BCUT2D eigenvalue weighted by atomic mass is 9.95. The Hall–Kier alpha value is -1.95. The van der Waals surface area contributed by atoms with Crippen LogP contribution in [0.15, 0.2) is 18.6 Å². The topological polar surface area (TPSA) is 58.9 Å². The van der Waals surface area contributed by atoms with E-state index in [9.17, 15) is 0 Å². The summed E-state index contributed by atoms with van der Waals surface area (Å²) >= 11 is 0. The molecule has 1 atom stereocenters. The van der Waals surface area contributed by atoms with Crippen LogP contribution in [0.1, 0.15) is 68.8 Å². The molecule has 0 radical (unpaired) electrons. The number of hydrogen-bond acceptors (Lipinski definition) is 5. The molecule has 1 aliphatic rings. The zero-order valence-electron chi connectivity index (χ0n) is 16.6. The van der Waals surface area contributed by atoms with Crippen LogP contribution in [0, 0.1) is 6.92 Å². The molecule has 1 N–H and O–H groups in total. The van der Waals surface area contributed by atoms with E-state index in [0.29, 0.717) is 6.04 Å². The largest absolute Gasteiger partial charge is 0.341 e. The third kappa shape index (κ3) is 4.41. The van der Waals surface area contributed by atoms with Crippen molar-refractivity contribution >= 4 is 5.95 Å². The molecule has 0 spiro atoms. The number of nitrogens with zero attached hydrogens (tertiary/aromatic N) is 5. The molecule has 6 nitrogen and oxygen atoms in total. The molecular formula is C20H32N6. The molecule has 0 aromatic carbocycles. The molecule has 0 bridgehead atoms. The molecule has 0 amide bonds. The summed E-state index contributed by atoms with van der Waals surface area (Å²) in [5.74, 6) is 0.856. The molecule has 1 saturated carbocycles. The number of aryl methyl sites for hydroxylation is 2. The molecular weight excluding hydrogens is 324 g/mol. The summed E-state index contributed by atoms with van der Waals surface area (Å²) in [5.41, 5.74) is 3.42. The minimum Gasteiger partial charge on any atom is -0.341 e. The summed E-state index contributed by atoms with van der Waals surface area (Å²) in [6.45, 7) is 8.05. The third-order valence-electron chi connectivity index (χ3n) is 5.53. The highest BCUT2D eigenvalue weighted by Crippen LogP contribution is 2.25. The molecule has 0 saturated heterocycles. The van der Waals surface area contributed by atoms with E-state index >= 15 is 0 Å². The molecule has 26 heavy (non-hydrogen) atoms. The van der Waals surface area contributed by atoms with Crippen molar-refractivity contribution in [2.75, 3.05) is 11.9 Å². The number of rotatable bonds is 7. The first kappa shape index (κ1) is 18.8. The average Bonchev–Trinajstić information content (AvgIpc) is 3.14. The molecule has 2 heterocycles. The van der Waals surface area contributed by atoms with Crippen LogP contribution in [0.5, 0.6) is 0 Å². The second-order valence-electron chi connectivity index (χ2n) is 7.42. The first-order chi connectivity index (χ1) is 12.6. The fraction of sp³-hybridized carbons (Fsp3) is 0.650. The Morgan fingerprint density at radius 3 is 2.69 bits per heavy atom. The molecule has 3 rings (SSSR count). The Morgan fingerprint density at radius 1 is 1.27 bits per heavy atom. The predicted octanol–water partition coefficient (Wildman–Crippen LogP) is 3.62. The van der Waals surface area contributed by atoms with E-state index in [-0.39, 0.29) is 6.04 Å². The predicted molar refractivity (Wildman–Crippen MR) is 105 cm³/mol. The number of anilines is 1. The van der Waals surface area contributed by atoms with Gasteiger partial charge in [0.2, 0.25) is 5.95 Å². The first-order valence-corrected chi connectivity index (χ1v) is 9.89. The van der Waals surface area contributed by atoms with Crippen molar-refractivity contribution in [2.24, 2.45) is 0 Å². The van der Waals surface area contributed by atoms with Crippen molar-refractivity contribution in [1.82, 2.24) is 25.1 Å². The first-order valence-electron chi connectivity index (χ1n) is 9.89. The Labute approximate surface area is 157 Å². The van der Waals surface area contributed by atoms with Gasteiger partial charge >= 0.3 is 0 Å². The molecule has 0 aliphatic heterocycles. The number of aromatic nitrogens is 4. The van der Waals surface area contributed by atoms with Gasteiger partial charge in [-0.05, 0) is 33.6 Å². The zero-order valence-corrected chi connectivity index (χ0v) is 16.6. The van der Waals surface area contributed by atoms with Gasteiger partial charge in [-0.1, -0.05) is 19.3 Å². The molecule has 6 heteroatoms. The van der Waals surface area contributed by atoms with Crippen LogP contribution in [0.4, 0.5) is 5.95 Å². The second-order valence-corrected chi connectivity index (χ2v) is 7.42. The van der Waals surface area contributed by atoms with Gasteiger partial charge in [0.05, 0.1) is 6.20 Å². The molecule has 142 valence electrons. The summed E-state index contributed by atoms with van der Waals surface area (Å²) in [6.07, 6.45) is 12.5. The van der Waals surface area contributed by atoms with E-state index in [0.717, 1.165) is 30.3 Å². The maximum Gasteiger partial charge on any atom is 0.225 e. The quantitative estimate of drug-likeness (QED) is 0.821. The minimum absolute atomic E-state index is 0.203. The van der Waals surface area contributed by atoms with Gasteiger partial charge in [-0.2, -0.15) is 5.10 Å². The third-order valence-corrected chi connectivity index (χ3v) is 5.53. The Balaban J connectivity index is 1.62. The van der Waals surface area contributed by atoms with E-state index in [4.69, 9.17) is 4.98 Å². The smallest absolute Gasteiger partial charge is 0.225 e. The van der Waals surface area contributed by atoms with Crippen LogP contribution in [-0.4, -0.2) is 32.8 Å². The molecule has 1 aliphatic carbocycles. The van der Waals surface area contributed by atoms with Crippen molar-refractivity contribution in [2.45, 2.75) is 78.0 Å². The van der Waals surface area contributed by atoms with Gasteiger partial charge in [0.15, 0.2) is 0 Å². The Kier molecular flexibility index (Phi) is 6.25. The van der Waals surface area contributed by atoms with Gasteiger partial charge in [-0.3, -0.25) is 4.68 Å². The molecule has 1 fully saturated rings. The highest BCUT2D eigenvalue weighted by Gasteiger charge is 2.21. The van der Waals surface area contributed by atoms with Crippen molar-refractivity contribution < 1.29 is 0 Å². The Morgan fingerprint density at radius 2 is 2.04 bits per heavy atom. The number of hydrogen-bond donors (Lipinski definition) is 1. The van der Waals surface area contributed by atoms with Crippen molar-refractivity contribution in [3.8, 4) is 0 Å². The van der Waals surface area contributed by atoms with E-state index in [2.05, 4.69) is 54.3 Å². The van der Waals surface area contributed by atoms with E-state index in [1.165, 1.54) is 37.7 Å². The lowest BCUT2D eigenvalue weighted by Crippen LogP contribution is -2.34. The maximum absolute atomic E-state index is 4.80. The number of nitrogens with one attached hydrogen (secondary N) is 1. The standard InChI is InChI=1S/C20H32N6/c1-5-26-14-17(12-23-26)11-21-15(2)19-13-22-20(24-16(19)3)25(4)18-9-7-6-8-10-18/h12-15,18,21H,5-11H2,1-4H3/t15-/m1/s1. The fourth-order valence-electron chi connectivity index (χ4n) is 3.74. The summed E-state index contributed by atoms with van der Waals surface area (Å²) in [5, 5.41) is 7.88. The minimum atomic E-state index is 0.203. The Bertz CT molecular complexity index is 704. The summed E-state index contributed by atoms with van der Waals surface area (Å²) in [4.78, 5) is 11.7. The molecule has 2 aromatic rings. The maximum atomic E-state index is 4.80. The highest BCUT2D eigenvalue weighted by molar-refractivity contribution is 5.34. The lowest BCUT2D eigenvalue weighted by molar-refractivity contribution is 0.423. The van der Waals surface area contributed by atoms with Gasteiger partial charge < -0.3 is 10.2 Å². The van der Waals surface area contributed by atoms with Crippen molar-refractivity contribution in [3.05, 3.63) is 35.4 Å². The van der Waals surface area contributed by atoms with Gasteiger partial charge in [0.1, 0.15) is 0 Å². The SMILES string of the molecule is CCn1cc(CN[C@H](C)c2cnc(N(C)C3CCCCC3)nc2C)cn1. The van der Waals surface area contributed by atoms with E-state index in [1.54, 1.807) is 0 Å². The van der Waals surface area contributed by atoms with Crippen LogP contribution >= 0.6 is 0 Å². The van der Waals surface area contributed by atoms with Crippen LogP contribution < -0.4 is 10.2 Å². The highest BCUT2D eigenvalue weighted by atomic mass is 15.3.